The van der Waals surface area contributed by atoms with E-state index in [4.69, 9.17) is 0 Å². The summed E-state index contributed by atoms with van der Waals surface area (Å²) in [4.78, 5) is 23.4. The van der Waals surface area contributed by atoms with Crippen LogP contribution < -0.4 is 5.32 Å². The largest absolute Gasteiger partial charge is 0.479 e. The molecule has 0 spiro atoms. The molecule has 5 heteroatoms. The number of hydrogen-bond acceptors (Lipinski definition) is 2. The summed E-state index contributed by atoms with van der Waals surface area (Å²) in [6.07, 6.45) is 1.62. The molecule has 2 N–H and O–H groups in total. The first kappa shape index (κ1) is 17.7. The van der Waals surface area contributed by atoms with Crippen molar-refractivity contribution in [3.8, 4) is 0 Å². The first-order valence-corrected chi connectivity index (χ1v) is 7.79. The van der Waals surface area contributed by atoms with Crippen LogP contribution in [0.4, 0.5) is 4.39 Å². The first-order chi connectivity index (χ1) is 11.5. The number of halogens is 1. The van der Waals surface area contributed by atoms with Crippen molar-refractivity contribution in [1.82, 2.24) is 5.32 Å². The zero-order valence-electron chi connectivity index (χ0n) is 13.5. The van der Waals surface area contributed by atoms with Gasteiger partial charge in [-0.15, -0.1) is 0 Å². The molecule has 0 saturated carbocycles. The van der Waals surface area contributed by atoms with Crippen LogP contribution in [0.1, 0.15) is 35.6 Å². The minimum Gasteiger partial charge on any atom is -0.479 e. The highest BCUT2D eigenvalue weighted by Crippen LogP contribution is 2.17. The summed E-state index contributed by atoms with van der Waals surface area (Å²) in [7, 11) is 0. The molecule has 1 atom stereocenters. The third kappa shape index (κ3) is 4.91. The number of carbonyl (C=O) groups is 2. The number of rotatable bonds is 7. The van der Waals surface area contributed by atoms with E-state index in [0.29, 0.717) is 17.5 Å². The molecular formula is C19H20FNO3. The zero-order valence-corrected chi connectivity index (χ0v) is 13.5. The molecule has 0 bridgehead atoms. The lowest BCUT2D eigenvalue weighted by Crippen LogP contribution is -2.33. The van der Waals surface area contributed by atoms with Crippen molar-refractivity contribution in [2.75, 3.05) is 0 Å². The highest BCUT2D eigenvalue weighted by molar-refractivity contribution is 5.84. The van der Waals surface area contributed by atoms with E-state index in [1.165, 1.54) is 18.2 Å². The van der Waals surface area contributed by atoms with Gasteiger partial charge in [0.2, 0.25) is 5.91 Å². The van der Waals surface area contributed by atoms with Crippen molar-refractivity contribution in [3.63, 3.8) is 0 Å². The van der Waals surface area contributed by atoms with Crippen LogP contribution in [-0.4, -0.2) is 17.0 Å². The quantitative estimate of drug-likeness (QED) is 0.818. The van der Waals surface area contributed by atoms with Crippen LogP contribution in [0.15, 0.2) is 48.5 Å². The zero-order chi connectivity index (χ0) is 17.5. The van der Waals surface area contributed by atoms with Gasteiger partial charge >= 0.3 is 5.97 Å². The minimum atomic E-state index is -1.17. The molecule has 0 fully saturated rings. The minimum absolute atomic E-state index is 0.235. The molecule has 2 aromatic rings. The third-order valence-corrected chi connectivity index (χ3v) is 3.78. The van der Waals surface area contributed by atoms with E-state index in [1.54, 1.807) is 6.92 Å². The molecule has 1 unspecified atom stereocenters. The van der Waals surface area contributed by atoms with Crippen molar-refractivity contribution in [1.29, 1.82) is 0 Å². The summed E-state index contributed by atoms with van der Waals surface area (Å²) in [6, 6.07) is 12.6. The van der Waals surface area contributed by atoms with Crippen molar-refractivity contribution in [2.24, 2.45) is 0 Å². The molecule has 2 rings (SSSR count). The van der Waals surface area contributed by atoms with Gasteiger partial charge in [-0.2, -0.15) is 0 Å². The maximum Gasteiger partial charge on any atom is 0.330 e. The van der Waals surface area contributed by atoms with Crippen LogP contribution in [0.3, 0.4) is 0 Å². The maximum absolute atomic E-state index is 13.3. The Morgan fingerprint density at radius 2 is 1.88 bits per heavy atom. The van der Waals surface area contributed by atoms with Crippen LogP contribution >= 0.6 is 0 Å². The van der Waals surface area contributed by atoms with Crippen molar-refractivity contribution >= 4 is 11.9 Å². The molecule has 4 nitrogen and oxygen atoms in total. The van der Waals surface area contributed by atoms with Crippen molar-refractivity contribution < 1.29 is 19.1 Å². The summed E-state index contributed by atoms with van der Waals surface area (Å²) in [5.41, 5.74) is 1.84. The predicted octanol–water partition coefficient (Wildman–Crippen LogP) is 3.40. The number of nitrogens with one attached hydrogen (secondary N) is 1. The van der Waals surface area contributed by atoms with Gasteiger partial charge in [0.15, 0.2) is 6.04 Å². The molecule has 126 valence electrons. The maximum atomic E-state index is 13.3. The fraction of sp³-hybridized carbons (Fsp3) is 0.263. The molecular weight excluding hydrogens is 309 g/mol. The Labute approximate surface area is 140 Å². The smallest absolute Gasteiger partial charge is 0.330 e. The Morgan fingerprint density at radius 1 is 1.17 bits per heavy atom. The van der Waals surface area contributed by atoms with Gasteiger partial charge in [0.05, 0.1) is 0 Å². The average molecular weight is 329 g/mol. The van der Waals surface area contributed by atoms with E-state index >= 15 is 0 Å². The first-order valence-electron chi connectivity index (χ1n) is 7.79. The lowest BCUT2D eigenvalue weighted by Gasteiger charge is -2.15. The van der Waals surface area contributed by atoms with Gasteiger partial charge in [-0.3, -0.25) is 4.79 Å². The van der Waals surface area contributed by atoms with Gasteiger partial charge < -0.3 is 10.4 Å². The highest BCUT2D eigenvalue weighted by Gasteiger charge is 2.22. The summed E-state index contributed by atoms with van der Waals surface area (Å²) < 4.78 is 13.3. The molecule has 0 heterocycles. The fourth-order valence-electron chi connectivity index (χ4n) is 2.47. The number of hydrogen-bond donors (Lipinski definition) is 2. The van der Waals surface area contributed by atoms with E-state index < -0.39 is 17.8 Å². The van der Waals surface area contributed by atoms with Crippen LogP contribution in [0.2, 0.25) is 0 Å². The SMILES string of the molecule is Cc1cc(C(NC(=O)CCCc2ccccc2)C(=O)O)ccc1F. The van der Waals surface area contributed by atoms with Gasteiger partial charge in [-0.25, -0.2) is 9.18 Å². The number of carbonyl (C=O) groups excluding carboxylic acids is 1. The Bertz CT molecular complexity index is 716. The molecule has 0 saturated heterocycles. The van der Waals surface area contributed by atoms with E-state index in [1.807, 2.05) is 30.3 Å². The second kappa shape index (κ2) is 8.24. The molecule has 1 amide bonds. The number of amides is 1. The molecule has 0 aliphatic heterocycles. The van der Waals surface area contributed by atoms with Gasteiger partial charge in [0, 0.05) is 6.42 Å². The van der Waals surface area contributed by atoms with Gasteiger partial charge in [-0.1, -0.05) is 42.5 Å². The molecule has 0 aromatic heterocycles. The van der Waals surface area contributed by atoms with Crippen LogP contribution in [0.5, 0.6) is 0 Å². The van der Waals surface area contributed by atoms with Gasteiger partial charge in [-0.05, 0) is 42.5 Å². The predicted molar refractivity (Wildman–Crippen MR) is 89.0 cm³/mol. The molecule has 2 aromatic carbocycles. The second-order valence-corrected chi connectivity index (χ2v) is 5.69. The van der Waals surface area contributed by atoms with Gasteiger partial charge in [0.25, 0.3) is 0 Å². The molecule has 0 radical (unpaired) electrons. The average Bonchev–Trinajstić information content (AvgIpc) is 2.56. The lowest BCUT2D eigenvalue weighted by atomic mass is 10.0. The number of aryl methyl sites for hydroxylation is 2. The normalized spacial score (nSPS) is 11.8. The fourth-order valence-corrected chi connectivity index (χ4v) is 2.47. The molecule has 0 aliphatic rings. The van der Waals surface area contributed by atoms with E-state index in [2.05, 4.69) is 5.32 Å². The monoisotopic (exact) mass is 329 g/mol. The Hall–Kier alpha value is -2.69. The number of carboxylic acids is 1. The third-order valence-electron chi connectivity index (χ3n) is 3.78. The molecule has 24 heavy (non-hydrogen) atoms. The number of benzene rings is 2. The summed E-state index contributed by atoms with van der Waals surface area (Å²) in [5.74, 6) is -1.91. The van der Waals surface area contributed by atoms with Gasteiger partial charge in [0.1, 0.15) is 5.82 Å². The Morgan fingerprint density at radius 3 is 2.50 bits per heavy atom. The topological polar surface area (TPSA) is 66.4 Å². The number of carboxylic acid groups (broad SMARTS) is 1. The van der Waals surface area contributed by atoms with Crippen molar-refractivity contribution in [3.05, 3.63) is 71.0 Å². The molecule has 0 aliphatic carbocycles. The summed E-state index contributed by atoms with van der Waals surface area (Å²) >= 11 is 0. The summed E-state index contributed by atoms with van der Waals surface area (Å²) in [5, 5.41) is 11.8. The van der Waals surface area contributed by atoms with Crippen LogP contribution in [-0.2, 0) is 16.0 Å². The highest BCUT2D eigenvalue weighted by atomic mass is 19.1. The Kier molecular flexibility index (Phi) is 6.07. The van der Waals surface area contributed by atoms with E-state index in [-0.39, 0.29) is 12.3 Å². The van der Waals surface area contributed by atoms with Crippen molar-refractivity contribution in [2.45, 2.75) is 32.2 Å². The van der Waals surface area contributed by atoms with E-state index in [9.17, 15) is 19.1 Å². The standard InChI is InChI=1S/C19H20FNO3/c1-13-12-15(10-11-16(13)20)18(19(23)24)21-17(22)9-5-8-14-6-3-2-4-7-14/h2-4,6-7,10-12,18H,5,8-9H2,1H3,(H,21,22)(H,23,24). The lowest BCUT2D eigenvalue weighted by molar-refractivity contribution is -0.142. The van der Waals surface area contributed by atoms with E-state index in [0.717, 1.165) is 12.0 Å². The Balaban J connectivity index is 1.93. The number of aliphatic carboxylic acids is 1. The summed E-state index contributed by atoms with van der Waals surface area (Å²) in [6.45, 7) is 1.55. The second-order valence-electron chi connectivity index (χ2n) is 5.69. The van der Waals surface area contributed by atoms with Crippen LogP contribution in [0, 0.1) is 12.7 Å². The van der Waals surface area contributed by atoms with Crippen LogP contribution in [0.25, 0.3) is 0 Å².